The van der Waals surface area contributed by atoms with Crippen molar-refractivity contribution in [1.82, 2.24) is 4.98 Å². The Balaban J connectivity index is 3.31. The molecule has 0 amide bonds. The second-order valence-corrected chi connectivity index (χ2v) is 1.21. The summed E-state index contributed by atoms with van der Waals surface area (Å²) in [6, 6.07) is 3.10. The van der Waals surface area contributed by atoms with Crippen LogP contribution in [-0.2, 0) is 0 Å². The zero-order valence-corrected chi connectivity index (χ0v) is 4.05. The fourth-order valence-electron chi connectivity index (χ4n) is 0.348. The summed E-state index contributed by atoms with van der Waals surface area (Å²) >= 11 is 0. The first-order chi connectivity index (χ1) is 4.75. The molecule has 0 saturated heterocycles. The van der Waals surface area contributed by atoms with E-state index in [-0.39, 0.29) is 17.8 Å². The molecule has 8 heavy (non-hydrogen) atoms. The van der Waals surface area contributed by atoms with Crippen molar-refractivity contribution in [3.05, 3.63) is 30.0 Å². The maximum atomic E-state index is 8.36. The third-order valence-corrected chi connectivity index (χ3v) is 0.691. The molecule has 38 valence electrons. The maximum absolute atomic E-state index is 8.36. The molecule has 0 N–H and O–H groups in total. The molecule has 2 heteroatoms. The molecule has 0 atom stereocenters. The molecule has 0 fully saturated rings. The Morgan fingerprint density at radius 2 is 2.75 bits per heavy atom. The van der Waals surface area contributed by atoms with Gasteiger partial charge in [-0.15, -0.1) is 0 Å². The fraction of sp³-hybridized carbons (Fsp3) is 0. The van der Waals surface area contributed by atoms with Crippen LogP contribution in [0.15, 0.2) is 24.5 Å². The summed E-state index contributed by atoms with van der Waals surface area (Å²) in [6.07, 6.45) is 1.19. The quantitative estimate of drug-likeness (QED) is 0.493. The Labute approximate surface area is 50.2 Å². The fourth-order valence-corrected chi connectivity index (χ4v) is 0.348. The van der Waals surface area contributed by atoms with E-state index in [0.717, 1.165) is 0 Å². The number of hydrogen-bond donors (Lipinski definition) is 0. The van der Waals surface area contributed by atoms with Crippen LogP contribution in [0.3, 0.4) is 0 Å². The maximum Gasteiger partial charge on any atom is 0.0992 e. The van der Waals surface area contributed by atoms with Gasteiger partial charge in [-0.05, 0) is 12.1 Å². The van der Waals surface area contributed by atoms with E-state index in [9.17, 15) is 0 Å². The minimum atomic E-state index is -0.154. The van der Waals surface area contributed by atoms with Gasteiger partial charge in [-0.25, -0.2) is 0 Å². The lowest BCUT2D eigenvalue weighted by Crippen LogP contribution is -1.71. The van der Waals surface area contributed by atoms with Crippen molar-refractivity contribution >= 4 is 0 Å². The van der Waals surface area contributed by atoms with Crippen LogP contribution in [0.5, 0.6) is 0 Å². The van der Waals surface area contributed by atoms with Crippen molar-refractivity contribution in [1.29, 1.82) is 5.26 Å². The van der Waals surface area contributed by atoms with E-state index >= 15 is 0 Å². The molecule has 0 radical (unpaired) electrons. The van der Waals surface area contributed by atoms with Crippen LogP contribution in [0, 0.1) is 11.3 Å². The van der Waals surface area contributed by atoms with E-state index in [1.54, 1.807) is 6.07 Å². The normalized spacial score (nSPS) is 11.4. The zero-order valence-electron chi connectivity index (χ0n) is 6.05. The Kier molecular flexibility index (Phi) is 0.736. The molecule has 0 spiro atoms. The van der Waals surface area contributed by atoms with E-state index in [1.165, 1.54) is 12.3 Å². The molecule has 0 aliphatic carbocycles. The summed E-state index contributed by atoms with van der Waals surface area (Å²) in [7, 11) is 0. The average Bonchev–Trinajstić information content (AvgIpc) is 1.95. The molecule has 2 nitrogen and oxygen atoms in total. The van der Waals surface area contributed by atoms with Gasteiger partial charge in [-0.1, -0.05) is 0 Å². The molecule has 0 aliphatic heterocycles. The van der Waals surface area contributed by atoms with Crippen molar-refractivity contribution in [3.63, 3.8) is 0 Å². The number of aromatic nitrogens is 1. The summed E-state index contributed by atoms with van der Waals surface area (Å²) < 4.78 is 14.1. The van der Waals surface area contributed by atoms with E-state index in [2.05, 4.69) is 4.98 Å². The van der Waals surface area contributed by atoms with Crippen molar-refractivity contribution in [2.75, 3.05) is 0 Å². The van der Waals surface area contributed by atoms with Gasteiger partial charge in [0, 0.05) is 12.4 Å². The molecule has 1 aromatic rings. The first-order valence-corrected chi connectivity index (χ1v) is 2.08. The molecule has 0 unspecified atom stereocenters. The van der Waals surface area contributed by atoms with Gasteiger partial charge in [0.25, 0.3) is 0 Å². The van der Waals surface area contributed by atoms with Crippen molar-refractivity contribution in [3.8, 4) is 6.07 Å². The summed E-state index contributed by atoms with van der Waals surface area (Å²) in [5.74, 6) is 0. The van der Waals surface area contributed by atoms with Crippen molar-refractivity contribution < 1.29 is 2.74 Å². The second-order valence-electron chi connectivity index (χ2n) is 1.21. The average molecular weight is 106 g/mol. The number of nitriles is 1. The molecular formula is C6H4N2. The minimum Gasteiger partial charge on any atom is -0.265 e. The molecule has 1 rings (SSSR count). The zero-order chi connectivity index (χ0) is 7.56. The van der Waals surface area contributed by atoms with Crippen LogP contribution in [0.25, 0.3) is 0 Å². The van der Waals surface area contributed by atoms with Gasteiger partial charge in [0.1, 0.15) is 0 Å². The first kappa shape index (κ1) is 2.83. The molecule has 0 saturated carbocycles. The lowest BCUT2D eigenvalue weighted by Gasteiger charge is -1.79. The van der Waals surface area contributed by atoms with E-state index < -0.39 is 0 Å². The van der Waals surface area contributed by atoms with Crippen LogP contribution in [-0.4, -0.2) is 4.98 Å². The number of hydrogen-bond acceptors (Lipinski definition) is 2. The highest BCUT2D eigenvalue weighted by molar-refractivity contribution is 5.24. The van der Waals surface area contributed by atoms with E-state index in [1.807, 2.05) is 0 Å². The second kappa shape index (κ2) is 2.08. The summed E-state index contributed by atoms with van der Waals surface area (Å²) in [6.45, 7) is 0. The monoisotopic (exact) mass is 106 g/mol. The van der Waals surface area contributed by atoms with Gasteiger partial charge < -0.3 is 0 Å². The predicted octanol–water partition coefficient (Wildman–Crippen LogP) is 0.953. The third kappa shape index (κ3) is 0.824. The van der Waals surface area contributed by atoms with Crippen LogP contribution < -0.4 is 0 Å². The number of pyridine rings is 1. The largest absolute Gasteiger partial charge is 0.265 e. The SMILES string of the molecule is [2H]c1nccc(C#N)c1[2H]. The lowest BCUT2D eigenvalue weighted by atomic mass is 10.3. The summed E-state index contributed by atoms with van der Waals surface area (Å²) in [5, 5.41) is 8.36. The topological polar surface area (TPSA) is 36.7 Å². The van der Waals surface area contributed by atoms with Crippen LogP contribution in [0.1, 0.15) is 8.30 Å². The molecule has 1 aromatic heterocycles. The standard InChI is InChI=1S/C6H4N2/c7-5-6-1-3-8-4-2-6/h1-4H/i1D,3D. The van der Waals surface area contributed by atoms with Crippen molar-refractivity contribution in [2.24, 2.45) is 0 Å². The molecule has 0 aliphatic rings. The molecule has 0 aromatic carbocycles. The summed E-state index contributed by atoms with van der Waals surface area (Å²) in [5.41, 5.74) is 0.194. The van der Waals surface area contributed by atoms with Gasteiger partial charge in [0.05, 0.1) is 14.4 Å². The molecule has 0 bridgehead atoms. The molecule has 1 heterocycles. The lowest BCUT2D eigenvalue weighted by molar-refractivity contribution is 1.31. The first-order valence-electron chi connectivity index (χ1n) is 3.08. The van der Waals surface area contributed by atoms with Crippen LogP contribution in [0.4, 0.5) is 0 Å². The minimum absolute atomic E-state index is 0.106. The van der Waals surface area contributed by atoms with Gasteiger partial charge >= 0.3 is 0 Å². The highest BCUT2D eigenvalue weighted by atomic mass is 14.6. The highest BCUT2D eigenvalue weighted by Crippen LogP contribution is 1.89. The van der Waals surface area contributed by atoms with Gasteiger partial charge in [0.2, 0.25) is 0 Å². The third-order valence-electron chi connectivity index (χ3n) is 0.691. The Bertz CT molecular complexity index is 290. The van der Waals surface area contributed by atoms with E-state index in [0.29, 0.717) is 0 Å². The number of nitrogens with zero attached hydrogens (tertiary/aromatic N) is 2. The number of rotatable bonds is 0. The predicted molar refractivity (Wildman–Crippen MR) is 29.0 cm³/mol. The van der Waals surface area contributed by atoms with Crippen LogP contribution >= 0.6 is 0 Å². The Morgan fingerprint density at radius 3 is 3.38 bits per heavy atom. The van der Waals surface area contributed by atoms with Crippen molar-refractivity contribution in [2.45, 2.75) is 0 Å². The van der Waals surface area contributed by atoms with Crippen LogP contribution in [0.2, 0.25) is 0 Å². The summed E-state index contributed by atoms with van der Waals surface area (Å²) in [4.78, 5) is 3.52. The molecular weight excluding hydrogens is 100 g/mol. The van der Waals surface area contributed by atoms with Gasteiger partial charge in [-0.2, -0.15) is 5.26 Å². The van der Waals surface area contributed by atoms with Gasteiger partial charge in [0.15, 0.2) is 0 Å². The highest BCUT2D eigenvalue weighted by Gasteiger charge is 1.80. The smallest absolute Gasteiger partial charge is 0.0992 e. The Hall–Kier alpha value is -1.36. The van der Waals surface area contributed by atoms with E-state index in [4.69, 9.17) is 8.00 Å². The Morgan fingerprint density at radius 1 is 1.88 bits per heavy atom. The van der Waals surface area contributed by atoms with Gasteiger partial charge in [-0.3, -0.25) is 4.98 Å².